The Morgan fingerprint density at radius 2 is 0.812 bits per heavy atom. The molecular formula is C26H20N2O2Se2. The molecule has 0 radical (unpaired) electrons. The second-order valence-corrected chi connectivity index (χ2v) is 13.2. The molecule has 32 heavy (non-hydrogen) atoms. The number of hydrogen-bond donors (Lipinski definition) is 2. The molecule has 0 unspecified atom stereocenters. The predicted molar refractivity (Wildman–Crippen MR) is 132 cm³/mol. The van der Waals surface area contributed by atoms with E-state index in [4.69, 9.17) is 0 Å². The third-order valence-corrected chi connectivity index (χ3v) is 11.8. The minimum absolute atomic E-state index is 0.106. The molecule has 0 bridgehead atoms. The number of amides is 2. The molecule has 4 nitrogen and oxygen atoms in total. The number of nitrogens with one attached hydrogen (secondary N) is 2. The van der Waals surface area contributed by atoms with Crippen molar-refractivity contribution in [3.63, 3.8) is 0 Å². The average molecular weight is 550 g/mol. The summed E-state index contributed by atoms with van der Waals surface area (Å²) in [5.74, 6) is -0.213. The number of para-hydroxylation sites is 2. The first-order valence-corrected chi connectivity index (χ1v) is 16.0. The molecule has 0 atom stereocenters. The normalized spacial score (nSPS) is 10.4. The number of benzene rings is 4. The summed E-state index contributed by atoms with van der Waals surface area (Å²) in [6.07, 6.45) is 0. The molecular weight excluding hydrogens is 530 g/mol. The van der Waals surface area contributed by atoms with Crippen LogP contribution in [0.2, 0.25) is 0 Å². The molecule has 2 N–H and O–H groups in total. The Hall–Kier alpha value is -3.14. The van der Waals surface area contributed by atoms with E-state index < -0.39 is 0 Å². The Bertz CT molecular complexity index is 1080. The zero-order chi connectivity index (χ0) is 22.2. The summed E-state index contributed by atoms with van der Waals surface area (Å²) in [4.78, 5) is 24.7. The molecule has 4 aromatic carbocycles. The standard InChI is InChI=1S/C26H20N2O2Se2/c29-25(27-21-7-3-1-4-8-21)19-11-15-23(16-12-19)31-32-24-17-13-20(14-18-24)26(30)28-22-9-5-2-6-10-22/h1-18H,(H,27,29)(H,28,30). The summed E-state index contributed by atoms with van der Waals surface area (Å²) in [5, 5.41) is 5.80. The zero-order valence-electron chi connectivity index (χ0n) is 17.0. The molecule has 0 aliphatic heterocycles. The molecule has 2 amide bonds. The van der Waals surface area contributed by atoms with Gasteiger partial charge in [0.15, 0.2) is 0 Å². The maximum absolute atomic E-state index is 12.4. The summed E-state index contributed by atoms with van der Waals surface area (Å²) in [5.41, 5.74) is 2.87. The Morgan fingerprint density at radius 1 is 0.469 bits per heavy atom. The molecule has 0 aliphatic carbocycles. The van der Waals surface area contributed by atoms with Crippen LogP contribution in [0.3, 0.4) is 0 Å². The molecule has 0 aliphatic rings. The van der Waals surface area contributed by atoms with Crippen molar-refractivity contribution in [1.82, 2.24) is 0 Å². The SMILES string of the molecule is O=C(Nc1ccccc1)c1ccc([Se][Se]c2ccc(C(=O)Nc3ccccc3)cc2)cc1. The second-order valence-electron chi connectivity index (χ2n) is 6.86. The molecule has 0 fully saturated rings. The summed E-state index contributed by atoms with van der Waals surface area (Å²) in [6, 6.07) is 34.5. The van der Waals surface area contributed by atoms with Crippen LogP contribution in [0.5, 0.6) is 0 Å². The Balaban J connectivity index is 1.29. The Labute approximate surface area is 198 Å². The van der Waals surface area contributed by atoms with E-state index in [1.807, 2.05) is 109 Å². The van der Waals surface area contributed by atoms with Crippen LogP contribution >= 0.6 is 0 Å². The fourth-order valence-electron chi connectivity index (χ4n) is 2.87. The average Bonchev–Trinajstić information content (AvgIpc) is 2.84. The molecule has 4 rings (SSSR count). The van der Waals surface area contributed by atoms with E-state index in [1.54, 1.807) is 0 Å². The maximum atomic E-state index is 12.4. The molecule has 6 heteroatoms. The number of anilines is 2. The molecule has 0 heterocycles. The summed E-state index contributed by atoms with van der Waals surface area (Å²) in [6.45, 7) is 0. The fourth-order valence-corrected chi connectivity index (χ4v) is 8.83. The van der Waals surface area contributed by atoms with Crippen molar-refractivity contribution in [1.29, 1.82) is 0 Å². The van der Waals surface area contributed by atoms with E-state index in [2.05, 4.69) is 10.6 Å². The van der Waals surface area contributed by atoms with Crippen molar-refractivity contribution in [2.24, 2.45) is 0 Å². The second kappa shape index (κ2) is 10.9. The van der Waals surface area contributed by atoms with Gasteiger partial charge in [0, 0.05) is 0 Å². The van der Waals surface area contributed by atoms with Gasteiger partial charge in [-0.05, 0) is 0 Å². The van der Waals surface area contributed by atoms with Crippen LogP contribution in [0, 0.1) is 0 Å². The van der Waals surface area contributed by atoms with Gasteiger partial charge >= 0.3 is 199 Å². The van der Waals surface area contributed by atoms with Gasteiger partial charge in [0.05, 0.1) is 0 Å². The van der Waals surface area contributed by atoms with E-state index in [-0.39, 0.29) is 11.8 Å². The number of hydrogen-bond acceptors (Lipinski definition) is 2. The molecule has 0 saturated carbocycles. The summed E-state index contributed by atoms with van der Waals surface area (Å²) in [7, 11) is 0. The van der Waals surface area contributed by atoms with Crippen LogP contribution < -0.4 is 19.6 Å². The van der Waals surface area contributed by atoms with Crippen LogP contribution in [0.25, 0.3) is 0 Å². The van der Waals surface area contributed by atoms with Gasteiger partial charge in [-0.1, -0.05) is 0 Å². The van der Waals surface area contributed by atoms with Crippen molar-refractivity contribution in [2.75, 3.05) is 10.6 Å². The fraction of sp³-hybridized carbons (Fsp3) is 0. The summed E-state index contributed by atoms with van der Waals surface area (Å²) < 4.78 is 2.50. The Morgan fingerprint density at radius 3 is 1.16 bits per heavy atom. The van der Waals surface area contributed by atoms with Gasteiger partial charge in [0.2, 0.25) is 0 Å². The first-order valence-electron chi connectivity index (χ1n) is 9.95. The number of carbonyl (C=O) groups is 2. The van der Waals surface area contributed by atoms with Crippen molar-refractivity contribution in [2.45, 2.75) is 0 Å². The van der Waals surface area contributed by atoms with Gasteiger partial charge < -0.3 is 0 Å². The van der Waals surface area contributed by atoms with Crippen molar-refractivity contribution in [3.05, 3.63) is 120 Å². The van der Waals surface area contributed by atoms with E-state index in [0.717, 1.165) is 11.4 Å². The third kappa shape index (κ3) is 6.19. The van der Waals surface area contributed by atoms with Gasteiger partial charge in [0.1, 0.15) is 0 Å². The van der Waals surface area contributed by atoms with Crippen LogP contribution in [0.1, 0.15) is 20.7 Å². The first-order chi connectivity index (χ1) is 15.7. The summed E-state index contributed by atoms with van der Waals surface area (Å²) >= 11 is 0.602. The first kappa shape index (κ1) is 22.1. The zero-order valence-corrected chi connectivity index (χ0v) is 20.5. The van der Waals surface area contributed by atoms with E-state index in [0.29, 0.717) is 37.4 Å². The van der Waals surface area contributed by atoms with E-state index in [9.17, 15) is 9.59 Å². The molecule has 4 aromatic rings. The van der Waals surface area contributed by atoms with Gasteiger partial charge in [-0.3, -0.25) is 0 Å². The Kier molecular flexibility index (Phi) is 7.54. The van der Waals surface area contributed by atoms with Crippen molar-refractivity contribution in [3.8, 4) is 0 Å². The number of carbonyl (C=O) groups excluding carboxylic acids is 2. The molecule has 0 saturated heterocycles. The topological polar surface area (TPSA) is 58.2 Å². The third-order valence-electron chi connectivity index (χ3n) is 4.53. The van der Waals surface area contributed by atoms with Crippen LogP contribution in [0.4, 0.5) is 11.4 Å². The van der Waals surface area contributed by atoms with Gasteiger partial charge in [-0.15, -0.1) is 0 Å². The minimum atomic E-state index is -0.106. The predicted octanol–water partition coefficient (Wildman–Crippen LogP) is 3.47. The van der Waals surface area contributed by atoms with Crippen LogP contribution in [-0.4, -0.2) is 38.1 Å². The van der Waals surface area contributed by atoms with Gasteiger partial charge in [0.25, 0.3) is 0 Å². The van der Waals surface area contributed by atoms with Crippen molar-refractivity contribution >= 4 is 58.4 Å². The van der Waals surface area contributed by atoms with Gasteiger partial charge in [-0.2, -0.15) is 0 Å². The van der Waals surface area contributed by atoms with Crippen molar-refractivity contribution < 1.29 is 9.59 Å². The number of rotatable bonds is 7. The quantitative estimate of drug-likeness (QED) is 0.347. The molecule has 0 aromatic heterocycles. The van der Waals surface area contributed by atoms with Crippen LogP contribution in [0.15, 0.2) is 109 Å². The van der Waals surface area contributed by atoms with Gasteiger partial charge in [-0.25, -0.2) is 0 Å². The molecule has 0 spiro atoms. The van der Waals surface area contributed by atoms with E-state index in [1.165, 1.54) is 8.92 Å². The van der Waals surface area contributed by atoms with Crippen LogP contribution in [-0.2, 0) is 0 Å². The monoisotopic (exact) mass is 552 g/mol. The molecule has 158 valence electrons. The van der Waals surface area contributed by atoms with E-state index >= 15 is 0 Å².